The molecule has 0 radical (unpaired) electrons. The van der Waals surface area contributed by atoms with Crippen molar-refractivity contribution in [1.29, 1.82) is 0 Å². The van der Waals surface area contributed by atoms with E-state index in [0.29, 0.717) is 0 Å². The Morgan fingerprint density at radius 1 is 1.08 bits per heavy atom. The molecule has 1 aliphatic heterocycles. The lowest BCUT2D eigenvalue weighted by Gasteiger charge is -2.05. The maximum Gasteiger partial charge on any atom is 0.246 e. The predicted octanol–water partition coefficient (Wildman–Crippen LogP) is 5.75. The summed E-state index contributed by atoms with van der Waals surface area (Å²) in [6.07, 6.45) is 8.89. The number of carbonyl (C=O) groups excluding carboxylic acids is 1. The van der Waals surface area contributed by atoms with Crippen LogP contribution in [0, 0.1) is 6.92 Å². The average molecular weight is 369 g/mol. The molecule has 1 N–H and O–H groups in total. The first-order chi connectivity index (χ1) is 12.7. The Morgan fingerprint density at radius 2 is 1.81 bits per heavy atom. The molecule has 1 aromatic carbocycles. The van der Waals surface area contributed by atoms with Crippen LogP contribution in [0.15, 0.2) is 35.3 Å². The van der Waals surface area contributed by atoms with Gasteiger partial charge in [-0.15, -0.1) is 11.3 Å². The Hall–Kier alpha value is -1.94. The van der Waals surface area contributed by atoms with Crippen molar-refractivity contribution in [2.45, 2.75) is 58.8 Å². The molecule has 0 atom stereocenters. The highest BCUT2D eigenvalue weighted by atomic mass is 32.1. The molecule has 3 rings (SSSR count). The van der Waals surface area contributed by atoms with Gasteiger partial charge in [0.15, 0.2) is 0 Å². The van der Waals surface area contributed by atoms with Gasteiger partial charge in [0.2, 0.25) is 5.91 Å². The van der Waals surface area contributed by atoms with E-state index in [1.165, 1.54) is 49.0 Å². The van der Waals surface area contributed by atoms with Gasteiger partial charge in [-0.2, -0.15) is 0 Å². The van der Waals surface area contributed by atoms with Gasteiger partial charge in [-0.05, 0) is 25.8 Å². The van der Waals surface area contributed by atoms with Crippen LogP contribution in [0.1, 0.15) is 67.0 Å². The minimum absolute atomic E-state index is 0.0265. The number of thiophene rings is 1. The molecule has 2 heterocycles. The number of fused-ring (bicyclic) bond motifs is 1. The minimum Gasteiger partial charge on any atom is -0.316 e. The smallest absolute Gasteiger partial charge is 0.246 e. The largest absolute Gasteiger partial charge is 0.316 e. The lowest BCUT2D eigenvalue weighted by atomic mass is 10.0. The van der Waals surface area contributed by atoms with E-state index in [-0.39, 0.29) is 12.5 Å². The maximum absolute atomic E-state index is 12.0. The summed E-state index contributed by atoms with van der Waals surface area (Å²) in [5.41, 5.74) is 4.32. The first-order valence-electron chi connectivity index (χ1n) is 9.72. The minimum atomic E-state index is -0.0265. The zero-order valence-corrected chi connectivity index (χ0v) is 16.6. The van der Waals surface area contributed by atoms with E-state index in [0.717, 1.165) is 28.3 Å². The fourth-order valence-corrected chi connectivity index (χ4v) is 4.39. The van der Waals surface area contributed by atoms with Crippen LogP contribution in [0.4, 0.5) is 5.00 Å². The third kappa shape index (κ3) is 4.82. The second-order valence-corrected chi connectivity index (χ2v) is 8.19. The molecule has 138 valence electrons. The van der Waals surface area contributed by atoms with E-state index < -0.39 is 0 Å². The topological polar surface area (TPSA) is 41.5 Å². The first-order valence-corrected chi connectivity index (χ1v) is 10.5. The molecular weight excluding hydrogens is 340 g/mol. The van der Waals surface area contributed by atoms with Crippen LogP contribution in [0.3, 0.4) is 0 Å². The number of unbranched alkanes of at least 4 members (excludes halogenated alkanes) is 5. The molecule has 0 unspecified atom stereocenters. The molecule has 0 saturated carbocycles. The number of anilines is 1. The molecule has 0 bridgehead atoms. The van der Waals surface area contributed by atoms with Crippen LogP contribution in [0.5, 0.6) is 0 Å². The first kappa shape index (κ1) is 18.8. The van der Waals surface area contributed by atoms with Gasteiger partial charge in [0.05, 0.1) is 5.71 Å². The fraction of sp³-hybridized carbons (Fsp3) is 0.455. The maximum atomic E-state index is 12.0. The molecule has 2 aromatic rings. The second kappa shape index (κ2) is 9.13. The highest BCUT2D eigenvalue weighted by Gasteiger charge is 2.21. The molecule has 0 aliphatic carbocycles. The zero-order chi connectivity index (χ0) is 18.4. The molecule has 1 aromatic heterocycles. The van der Waals surface area contributed by atoms with Crippen molar-refractivity contribution >= 4 is 28.0 Å². The van der Waals surface area contributed by atoms with Crippen LogP contribution in [-0.4, -0.2) is 18.2 Å². The standard InChI is InChI=1S/C22H28N2OS/c1-3-4-5-6-7-8-9-18-14-19-21(17-12-10-16(2)11-13-17)23-15-20(25)24-22(19)26-18/h10-14H,3-9,15H2,1-2H3,(H,24,25). The van der Waals surface area contributed by atoms with Crippen molar-refractivity contribution in [1.82, 2.24) is 0 Å². The van der Waals surface area contributed by atoms with Crippen molar-refractivity contribution in [2.24, 2.45) is 4.99 Å². The summed E-state index contributed by atoms with van der Waals surface area (Å²) < 4.78 is 0. The number of carbonyl (C=O) groups is 1. The Balaban J connectivity index is 1.74. The van der Waals surface area contributed by atoms with Gasteiger partial charge < -0.3 is 5.32 Å². The van der Waals surface area contributed by atoms with Gasteiger partial charge in [-0.25, -0.2) is 0 Å². The van der Waals surface area contributed by atoms with E-state index in [1.54, 1.807) is 11.3 Å². The van der Waals surface area contributed by atoms with Crippen molar-refractivity contribution in [3.8, 4) is 0 Å². The Labute approximate surface area is 160 Å². The molecule has 0 spiro atoms. The number of nitrogens with one attached hydrogen (secondary N) is 1. The van der Waals surface area contributed by atoms with E-state index in [4.69, 9.17) is 0 Å². The van der Waals surface area contributed by atoms with Gasteiger partial charge in [0, 0.05) is 16.0 Å². The van der Waals surface area contributed by atoms with Gasteiger partial charge in [-0.3, -0.25) is 9.79 Å². The molecule has 0 saturated heterocycles. The third-order valence-corrected chi connectivity index (χ3v) is 5.88. The van der Waals surface area contributed by atoms with E-state index >= 15 is 0 Å². The van der Waals surface area contributed by atoms with Crippen LogP contribution < -0.4 is 5.32 Å². The normalized spacial score (nSPS) is 13.8. The van der Waals surface area contributed by atoms with Crippen LogP contribution >= 0.6 is 11.3 Å². The number of hydrogen-bond donors (Lipinski definition) is 1. The number of benzene rings is 1. The van der Waals surface area contributed by atoms with Crippen molar-refractivity contribution in [2.75, 3.05) is 11.9 Å². The number of aryl methyl sites for hydroxylation is 2. The van der Waals surface area contributed by atoms with Gasteiger partial charge >= 0.3 is 0 Å². The van der Waals surface area contributed by atoms with Crippen LogP contribution in [0.25, 0.3) is 0 Å². The van der Waals surface area contributed by atoms with Gasteiger partial charge in [0.1, 0.15) is 11.5 Å². The molecule has 4 heteroatoms. The predicted molar refractivity (Wildman–Crippen MR) is 112 cm³/mol. The molecular formula is C22H28N2OS. The second-order valence-electron chi connectivity index (χ2n) is 7.05. The summed E-state index contributed by atoms with van der Waals surface area (Å²) in [6.45, 7) is 4.52. The Morgan fingerprint density at radius 3 is 2.58 bits per heavy atom. The quantitative estimate of drug-likeness (QED) is 0.592. The molecule has 1 aliphatic rings. The summed E-state index contributed by atoms with van der Waals surface area (Å²) in [6, 6.07) is 10.6. The molecule has 3 nitrogen and oxygen atoms in total. The van der Waals surface area contributed by atoms with Crippen molar-refractivity contribution < 1.29 is 4.79 Å². The van der Waals surface area contributed by atoms with E-state index in [2.05, 4.69) is 54.5 Å². The summed E-state index contributed by atoms with van der Waals surface area (Å²) in [7, 11) is 0. The number of rotatable bonds is 8. The summed E-state index contributed by atoms with van der Waals surface area (Å²) in [4.78, 5) is 18.0. The average Bonchev–Trinajstić information content (AvgIpc) is 2.95. The Bertz CT molecular complexity index is 774. The van der Waals surface area contributed by atoms with Crippen LogP contribution in [0.2, 0.25) is 0 Å². The third-order valence-electron chi connectivity index (χ3n) is 4.77. The fourth-order valence-electron chi connectivity index (χ4n) is 3.27. The summed E-state index contributed by atoms with van der Waals surface area (Å²) in [5.74, 6) is -0.0265. The van der Waals surface area contributed by atoms with Gasteiger partial charge in [0.25, 0.3) is 0 Å². The van der Waals surface area contributed by atoms with Gasteiger partial charge in [-0.1, -0.05) is 68.9 Å². The summed E-state index contributed by atoms with van der Waals surface area (Å²) in [5, 5.41) is 3.99. The Kier molecular flexibility index (Phi) is 6.62. The SMILES string of the molecule is CCCCCCCCc1cc2c(s1)NC(=O)CN=C2c1ccc(C)cc1. The van der Waals surface area contributed by atoms with Crippen LogP contribution in [-0.2, 0) is 11.2 Å². The highest BCUT2D eigenvalue weighted by Crippen LogP contribution is 2.33. The number of amides is 1. The number of nitrogens with zero attached hydrogens (tertiary/aromatic N) is 1. The molecule has 0 fully saturated rings. The van der Waals surface area contributed by atoms with Crippen molar-refractivity contribution in [3.63, 3.8) is 0 Å². The van der Waals surface area contributed by atoms with E-state index in [1.807, 2.05) is 0 Å². The lowest BCUT2D eigenvalue weighted by molar-refractivity contribution is -0.114. The summed E-state index contributed by atoms with van der Waals surface area (Å²) >= 11 is 1.71. The lowest BCUT2D eigenvalue weighted by Crippen LogP contribution is -2.12. The molecule has 26 heavy (non-hydrogen) atoms. The van der Waals surface area contributed by atoms with Crippen molar-refractivity contribution in [3.05, 3.63) is 51.9 Å². The van der Waals surface area contributed by atoms with E-state index in [9.17, 15) is 4.79 Å². The molecule has 1 amide bonds. The monoisotopic (exact) mass is 368 g/mol. The highest BCUT2D eigenvalue weighted by molar-refractivity contribution is 7.16. The number of hydrogen-bond acceptors (Lipinski definition) is 3. The zero-order valence-electron chi connectivity index (χ0n) is 15.8. The number of aliphatic imine (C=N–C) groups is 1.